The number of nitrogens with zero attached hydrogens (tertiary/aromatic N) is 1. The molecule has 0 saturated heterocycles. The van der Waals surface area contributed by atoms with Crippen molar-refractivity contribution in [2.45, 2.75) is 38.1 Å². The third-order valence-electron chi connectivity index (χ3n) is 5.15. The molecule has 0 spiro atoms. The minimum Gasteiger partial charge on any atom is -0.347 e. The number of fused-ring (bicyclic) bond motifs is 2. The molecular weight excluding hydrogens is 292 g/mol. The van der Waals surface area contributed by atoms with Crippen LogP contribution in [0.1, 0.15) is 32.1 Å². The van der Waals surface area contributed by atoms with Crippen LogP contribution in [0.25, 0.3) is 0 Å². The number of pyridine rings is 1. The summed E-state index contributed by atoms with van der Waals surface area (Å²) in [7, 11) is 0. The molecule has 2 aliphatic carbocycles. The molecule has 0 aliphatic heterocycles. The fourth-order valence-corrected chi connectivity index (χ4v) is 3.96. The van der Waals surface area contributed by atoms with E-state index in [0.29, 0.717) is 17.5 Å². The summed E-state index contributed by atoms with van der Waals surface area (Å²) in [4.78, 5) is 28.2. The van der Waals surface area contributed by atoms with E-state index in [9.17, 15) is 9.59 Å². The first-order chi connectivity index (χ1) is 11.1. The highest BCUT2D eigenvalue weighted by Crippen LogP contribution is 2.41. The molecule has 0 radical (unpaired) electrons. The minimum atomic E-state index is -0.237. The van der Waals surface area contributed by atoms with Gasteiger partial charge in [0.25, 0.3) is 0 Å². The monoisotopic (exact) mass is 316 g/mol. The molecule has 2 unspecified atom stereocenters. The molecule has 2 fully saturated rings. The first-order valence-electron chi connectivity index (χ1n) is 8.36. The van der Waals surface area contributed by atoms with E-state index in [1.165, 1.54) is 6.42 Å². The molecule has 2 bridgehead atoms. The maximum Gasteiger partial charge on any atom is 0.243 e. The van der Waals surface area contributed by atoms with E-state index in [1.54, 1.807) is 24.5 Å². The van der Waals surface area contributed by atoms with Crippen LogP contribution in [0.5, 0.6) is 0 Å². The molecule has 2 atom stereocenters. The van der Waals surface area contributed by atoms with Gasteiger partial charge in [-0.1, -0.05) is 6.42 Å². The molecule has 6 nitrogen and oxygen atoms in total. The summed E-state index contributed by atoms with van der Waals surface area (Å²) >= 11 is 0. The lowest BCUT2D eigenvalue weighted by atomic mass is 9.65. The van der Waals surface area contributed by atoms with Gasteiger partial charge < -0.3 is 16.4 Å². The first-order valence-corrected chi connectivity index (χ1v) is 8.36. The van der Waals surface area contributed by atoms with Gasteiger partial charge in [0.1, 0.15) is 0 Å². The van der Waals surface area contributed by atoms with Crippen LogP contribution in [0.2, 0.25) is 0 Å². The average molecular weight is 316 g/mol. The Morgan fingerprint density at radius 2 is 2.00 bits per heavy atom. The van der Waals surface area contributed by atoms with Gasteiger partial charge in [-0.05, 0) is 49.7 Å². The fraction of sp³-hybridized carbons (Fsp3) is 0.588. The average Bonchev–Trinajstić information content (AvgIpc) is 2.53. The van der Waals surface area contributed by atoms with Crippen LogP contribution in [0, 0.1) is 17.8 Å². The number of hydrogen-bond donors (Lipinski definition) is 3. The number of amides is 2. The number of nitrogens with two attached hydrogens (primary N) is 1. The molecular formula is C17H24N4O2. The Morgan fingerprint density at radius 3 is 2.65 bits per heavy atom. The molecule has 4 N–H and O–H groups in total. The first kappa shape index (κ1) is 15.9. The van der Waals surface area contributed by atoms with E-state index < -0.39 is 0 Å². The van der Waals surface area contributed by atoms with Crippen molar-refractivity contribution >= 4 is 17.5 Å². The number of aromatic nitrogens is 1. The van der Waals surface area contributed by atoms with Gasteiger partial charge in [0.15, 0.2) is 0 Å². The molecule has 1 heterocycles. The highest BCUT2D eigenvalue weighted by atomic mass is 16.2. The van der Waals surface area contributed by atoms with E-state index in [-0.39, 0.29) is 30.3 Å². The summed E-state index contributed by atoms with van der Waals surface area (Å²) in [5.41, 5.74) is 6.88. The largest absolute Gasteiger partial charge is 0.347 e. The molecule has 2 amide bonds. The molecule has 1 aromatic heterocycles. The summed E-state index contributed by atoms with van der Waals surface area (Å²) in [6.45, 7) is -0.00832. The summed E-state index contributed by atoms with van der Waals surface area (Å²) < 4.78 is 0. The molecule has 0 aromatic carbocycles. The number of anilines is 1. The maximum absolute atomic E-state index is 12.3. The van der Waals surface area contributed by atoms with Crippen LogP contribution < -0.4 is 16.4 Å². The van der Waals surface area contributed by atoms with E-state index >= 15 is 0 Å². The summed E-state index contributed by atoms with van der Waals surface area (Å²) in [5.74, 6) is 0.662. The second-order valence-corrected chi connectivity index (χ2v) is 6.70. The van der Waals surface area contributed by atoms with Gasteiger partial charge in [0.05, 0.1) is 18.4 Å². The Bertz CT molecular complexity index is 549. The molecule has 2 aliphatic rings. The normalized spacial score (nSPS) is 29.6. The third kappa shape index (κ3) is 3.88. The second-order valence-electron chi connectivity index (χ2n) is 6.70. The van der Waals surface area contributed by atoms with Gasteiger partial charge in [0, 0.05) is 18.2 Å². The zero-order valence-electron chi connectivity index (χ0n) is 13.2. The van der Waals surface area contributed by atoms with Crippen molar-refractivity contribution in [1.29, 1.82) is 0 Å². The third-order valence-corrected chi connectivity index (χ3v) is 5.15. The van der Waals surface area contributed by atoms with Gasteiger partial charge in [0.2, 0.25) is 11.8 Å². The van der Waals surface area contributed by atoms with Crippen molar-refractivity contribution in [3.8, 4) is 0 Å². The Kier molecular flexibility index (Phi) is 4.91. The smallest absolute Gasteiger partial charge is 0.243 e. The van der Waals surface area contributed by atoms with E-state index in [4.69, 9.17) is 5.73 Å². The minimum absolute atomic E-state index is 0.00343. The predicted molar refractivity (Wildman–Crippen MR) is 87.4 cm³/mol. The van der Waals surface area contributed by atoms with Crippen LogP contribution >= 0.6 is 0 Å². The highest BCUT2D eigenvalue weighted by molar-refractivity contribution is 5.94. The Hall–Kier alpha value is -1.95. The fourth-order valence-electron chi connectivity index (χ4n) is 3.96. The van der Waals surface area contributed by atoms with Crippen molar-refractivity contribution < 1.29 is 9.59 Å². The molecule has 124 valence electrons. The number of nitrogens with one attached hydrogen (secondary N) is 2. The van der Waals surface area contributed by atoms with Crippen LogP contribution in [0.4, 0.5) is 5.69 Å². The van der Waals surface area contributed by atoms with Crippen molar-refractivity contribution in [1.82, 2.24) is 10.3 Å². The van der Waals surface area contributed by atoms with E-state index in [2.05, 4.69) is 15.6 Å². The summed E-state index contributed by atoms with van der Waals surface area (Å²) in [6.07, 6.45) is 8.41. The highest BCUT2D eigenvalue weighted by Gasteiger charge is 2.40. The second kappa shape index (κ2) is 7.08. The van der Waals surface area contributed by atoms with Crippen LogP contribution in [-0.4, -0.2) is 29.4 Å². The van der Waals surface area contributed by atoms with E-state index in [0.717, 1.165) is 25.7 Å². The Morgan fingerprint density at radius 1 is 1.26 bits per heavy atom. The molecule has 23 heavy (non-hydrogen) atoms. The standard InChI is InChI=1S/C17H24N4O2/c18-16-11-3-1-4-12(16)8-13(7-11)17(23)20-10-15(22)21-14-5-2-6-19-9-14/h2,5-6,9,11-13,16H,1,3-4,7-8,10,18H2,(H,20,23)(H,21,22). The number of rotatable bonds is 4. The SMILES string of the molecule is NC1C2CCCC1CC(C(=O)NCC(=O)Nc1cccnc1)C2. The lowest BCUT2D eigenvalue weighted by Crippen LogP contribution is -2.49. The van der Waals surface area contributed by atoms with Gasteiger partial charge in [-0.3, -0.25) is 14.6 Å². The number of carbonyl (C=O) groups excluding carboxylic acids is 2. The van der Waals surface area contributed by atoms with Crippen molar-refractivity contribution in [2.75, 3.05) is 11.9 Å². The van der Waals surface area contributed by atoms with Gasteiger partial charge in [-0.15, -0.1) is 0 Å². The zero-order valence-corrected chi connectivity index (χ0v) is 13.2. The lowest BCUT2D eigenvalue weighted by molar-refractivity contribution is -0.129. The summed E-state index contributed by atoms with van der Waals surface area (Å²) in [6, 6.07) is 3.76. The maximum atomic E-state index is 12.3. The Labute approximate surface area is 136 Å². The predicted octanol–water partition coefficient (Wildman–Crippen LogP) is 1.29. The van der Waals surface area contributed by atoms with Gasteiger partial charge in [-0.25, -0.2) is 0 Å². The molecule has 2 saturated carbocycles. The molecule has 6 heteroatoms. The van der Waals surface area contributed by atoms with Crippen LogP contribution in [-0.2, 0) is 9.59 Å². The zero-order chi connectivity index (χ0) is 16.2. The number of hydrogen-bond acceptors (Lipinski definition) is 4. The summed E-state index contributed by atoms with van der Waals surface area (Å²) in [5, 5.41) is 5.48. The molecule has 1 aromatic rings. The van der Waals surface area contributed by atoms with Crippen LogP contribution in [0.15, 0.2) is 24.5 Å². The topological polar surface area (TPSA) is 97.1 Å². The van der Waals surface area contributed by atoms with Crippen molar-refractivity contribution in [3.05, 3.63) is 24.5 Å². The number of carbonyl (C=O) groups is 2. The quantitative estimate of drug-likeness (QED) is 0.779. The molecule has 3 rings (SSSR count). The van der Waals surface area contributed by atoms with Crippen molar-refractivity contribution in [3.63, 3.8) is 0 Å². The van der Waals surface area contributed by atoms with E-state index in [1.807, 2.05) is 0 Å². The van der Waals surface area contributed by atoms with Crippen LogP contribution in [0.3, 0.4) is 0 Å². The lowest BCUT2D eigenvalue weighted by Gasteiger charge is -2.43. The van der Waals surface area contributed by atoms with Gasteiger partial charge >= 0.3 is 0 Å². The van der Waals surface area contributed by atoms with Crippen molar-refractivity contribution in [2.24, 2.45) is 23.5 Å². The van der Waals surface area contributed by atoms with Gasteiger partial charge in [-0.2, -0.15) is 0 Å². The Balaban J connectivity index is 1.47.